The van der Waals surface area contributed by atoms with Crippen molar-refractivity contribution in [1.29, 1.82) is 0 Å². The lowest BCUT2D eigenvalue weighted by Crippen LogP contribution is -2.26. The highest BCUT2D eigenvalue weighted by molar-refractivity contribution is 5.93. The largest absolute Gasteiger partial charge is 0.334 e. The summed E-state index contributed by atoms with van der Waals surface area (Å²) in [5, 5.41) is 11.1. The second-order valence-electron chi connectivity index (χ2n) is 5.32. The van der Waals surface area contributed by atoms with Crippen molar-refractivity contribution >= 4 is 5.91 Å². The van der Waals surface area contributed by atoms with E-state index < -0.39 is 0 Å². The van der Waals surface area contributed by atoms with Crippen LogP contribution in [0.3, 0.4) is 0 Å². The van der Waals surface area contributed by atoms with Crippen molar-refractivity contribution < 1.29 is 9.18 Å². The van der Waals surface area contributed by atoms with E-state index in [-0.39, 0.29) is 11.7 Å². The maximum absolute atomic E-state index is 13.0. The van der Waals surface area contributed by atoms with Gasteiger partial charge in [-0.25, -0.2) is 4.39 Å². The number of aromatic amines is 1. The molecule has 23 heavy (non-hydrogen) atoms. The van der Waals surface area contributed by atoms with E-state index in [4.69, 9.17) is 0 Å². The quantitative estimate of drug-likeness (QED) is 0.803. The van der Waals surface area contributed by atoms with Crippen LogP contribution in [-0.2, 0) is 13.6 Å². The Morgan fingerprint density at radius 1 is 1.30 bits per heavy atom. The van der Waals surface area contributed by atoms with E-state index in [0.29, 0.717) is 17.9 Å². The number of H-pyrrole nitrogens is 1. The molecule has 0 saturated carbocycles. The average Bonchev–Trinajstić information content (AvgIpc) is 3.16. The molecule has 2 aromatic heterocycles. The van der Waals surface area contributed by atoms with Crippen LogP contribution in [0.25, 0.3) is 11.3 Å². The van der Waals surface area contributed by atoms with Gasteiger partial charge in [-0.2, -0.15) is 10.2 Å². The molecule has 1 aromatic carbocycles. The predicted octanol–water partition coefficient (Wildman–Crippen LogP) is 2.22. The lowest BCUT2D eigenvalue weighted by molar-refractivity contribution is 0.0777. The third-order valence-electron chi connectivity index (χ3n) is 3.46. The van der Waals surface area contributed by atoms with Crippen LogP contribution in [0.5, 0.6) is 0 Å². The monoisotopic (exact) mass is 313 g/mol. The fourth-order valence-corrected chi connectivity index (χ4v) is 2.27. The second kappa shape index (κ2) is 6.04. The zero-order chi connectivity index (χ0) is 16.4. The van der Waals surface area contributed by atoms with Crippen molar-refractivity contribution in [3.05, 3.63) is 59.8 Å². The van der Waals surface area contributed by atoms with E-state index in [1.807, 2.05) is 19.3 Å². The third-order valence-corrected chi connectivity index (χ3v) is 3.46. The van der Waals surface area contributed by atoms with Gasteiger partial charge in [0.05, 0.1) is 17.9 Å². The summed E-state index contributed by atoms with van der Waals surface area (Å²) < 4.78 is 14.6. The number of nitrogens with one attached hydrogen (secondary N) is 1. The van der Waals surface area contributed by atoms with Crippen molar-refractivity contribution in [2.75, 3.05) is 7.05 Å². The van der Waals surface area contributed by atoms with Gasteiger partial charge in [0.25, 0.3) is 5.91 Å². The number of rotatable bonds is 4. The number of aryl methyl sites for hydroxylation is 1. The summed E-state index contributed by atoms with van der Waals surface area (Å²) in [7, 11) is 3.53. The maximum atomic E-state index is 13.0. The zero-order valence-corrected chi connectivity index (χ0v) is 12.8. The standard InChI is InChI=1S/C16H16FN5O/c1-21(10-13-7-8-22(2)20-13)16(23)15-9-14(18-19-15)11-3-5-12(17)6-4-11/h3-9H,10H2,1-2H3,(H,18,19). The Morgan fingerprint density at radius 2 is 2.04 bits per heavy atom. The molecule has 0 spiro atoms. The molecule has 0 unspecified atom stereocenters. The van der Waals surface area contributed by atoms with E-state index in [0.717, 1.165) is 11.3 Å². The molecule has 0 radical (unpaired) electrons. The molecule has 2 heterocycles. The van der Waals surface area contributed by atoms with Gasteiger partial charge in [0.1, 0.15) is 11.5 Å². The van der Waals surface area contributed by atoms with Crippen LogP contribution in [0.2, 0.25) is 0 Å². The summed E-state index contributed by atoms with van der Waals surface area (Å²) in [6, 6.07) is 9.48. The molecule has 1 amide bonds. The Morgan fingerprint density at radius 3 is 2.70 bits per heavy atom. The summed E-state index contributed by atoms with van der Waals surface area (Å²) in [6.07, 6.45) is 1.83. The number of aromatic nitrogens is 4. The highest BCUT2D eigenvalue weighted by Gasteiger charge is 2.16. The van der Waals surface area contributed by atoms with Gasteiger partial charge in [-0.15, -0.1) is 0 Å². The second-order valence-corrected chi connectivity index (χ2v) is 5.32. The zero-order valence-electron chi connectivity index (χ0n) is 12.8. The normalized spacial score (nSPS) is 10.7. The van der Waals surface area contributed by atoms with Crippen LogP contribution in [-0.4, -0.2) is 37.8 Å². The predicted molar refractivity (Wildman–Crippen MR) is 83.0 cm³/mol. The number of carbonyl (C=O) groups is 1. The molecular weight excluding hydrogens is 297 g/mol. The van der Waals surface area contributed by atoms with Crippen molar-refractivity contribution in [3.63, 3.8) is 0 Å². The summed E-state index contributed by atoms with van der Waals surface area (Å²) in [5.74, 6) is -0.493. The highest BCUT2D eigenvalue weighted by atomic mass is 19.1. The third kappa shape index (κ3) is 3.28. The van der Waals surface area contributed by atoms with Crippen molar-refractivity contribution in [3.8, 4) is 11.3 Å². The fourth-order valence-electron chi connectivity index (χ4n) is 2.27. The fraction of sp³-hybridized carbons (Fsp3) is 0.188. The molecule has 0 fully saturated rings. The molecule has 6 nitrogen and oxygen atoms in total. The van der Waals surface area contributed by atoms with Crippen molar-refractivity contribution in [1.82, 2.24) is 24.9 Å². The summed E-state index contributed by atoms with van der Waals surface area (Å²) in [6.45, 7) is 0.407. The van der Waals surface area contributed by atoms with Gasteiger partial charge in [0, 0.05) is 25.9 Å². The molecule has 3 rings (SSSR count). The Kier molecular flexibility index (Phi) is 3.92. The molecule has 0 atom stereocenters. The number of halogens is 1. The van der Waals surface area contributed by atoms with Crippen LogP contribution >= 0.6 is 0 Å². The molecular formula is C16H16FN5O. The summed E-state index contributed by atoms with van der Waals surface area (Å²) in [4.78, 5) is 14.0. The van der Waals surface area contributed by atoms with Gasteiger partial charge in [-0.3, -0.25) is 14.6 Å². The lowest BCUT2D eigenvalue weighted by atomic mass is 10.1. The Labute approximate surface area is 132 Å². The SMILES string of the molecule is CN(Cc1ccn(C)n1)C(=O)c1cc(-c2ccc(F)cc2)n[nH]1. The van der Waals surface area contributed by atoms with Crippen LogP contribution in [0.15, 0.2) is 42.6 Å². The van der Waals surface area contributed by atoms with E-state index in [2.05, 4.69) is 15.3 Å². The Balaban J connectivity index is 1.74. The van der Waals surface area contributed by atoms with E-state index in [9.17, 15) is 9.18 Å². The summed E-state index contributed by atoms with van der Waals surface area (Å²) >= 11 is 0. The first-order chi connectivity index (χ1) is 11.0. The number of nitrogens with zero attached hydrogens (tertiary/aromatic N) is 4. The molecule has 0 aliphatic heterocycles. The van der Waals surface area contributed by atoms with Gasteiger partial charge in [0.15, 0.2) is 0 Å². The number of carbonyl (C=O) groups excluding carboxylic acids is 1. The topological polar surface area (TPSA) is 66.8 Å². The lowest BCUT2D eigenvalue weighted by Gasteiger charge is -2.14. The highest BCUT2D eigenvalue weighted by Crippen LogP contribution is 2.18. The van der Waals surface area contributed by atoms with E-state index >= 15 is 0 Å². The summed E-state index contributed by atoms with van der Waals surface area (Å²) in [5.41, 5.74) is 2.53. The number of hydrogen-bond donors (Lipinski definition) is 1. The average molecular weight is 313 g/mol. The molecule has 1 N–H and O–H groups in total. The number of hydrogen-bond acceptors (Lipinski definition) is 3. The van der Waals surface area contributed by atoms with Gasteiger partial charge < -0.3 is 4.90 Å². The first-order valence-corrected chi connectivity index (χ1v) is 7.08. The first kappa shape index (κ1) is 15.0. The molecule has 0 aliphatic carbocycles. The van der Waals surface area contributed by atoms with E-state index in [1.54, 1.807) is 34.8 Å². The van der Waals surface area contributed by atoms with Crippen LogP contribution < -0.4 is 0 Å². The minimum atomic E-state index is -0.310. The molecule has 118 valence electrons. The minimum Gasteiger partial charge on any atom is -0.334 e. The smallest absolute Gasteiger partial charge is 0.271 e. The molecule has 7 heteroatoms. The number of benzene rings is 1. The Hall–Kier alpha value is -2.96. The van der Waals surface area contributed by atoms with Gasteiger partial charge in [-0.1, -0.05) is 0 Å². The van der Waals surface area contributed by atoms with Gasteiger partial charge in [0.2, 0.25) is 0 Å². The van der Waals surface area contributed by atoms with Gasteiger partial charge >= 0.3 is 0 Å². The molecule has 0 aliphatic rings. The molecule has 0 saturated heterocycles. The van der Waals surface area contributed by atoms with Crippen LogP contribution in [0.1, 0.15) is 16.2 Å². The van der Waals surface area contributed by atoms with Crippen molar-refractivity contribution in [2.24, 2.45) is 7.05 Å². The Bertz CT molecular complexity index is 821. The van der Waals surface area contributed by atoms with Crippen LogP contribution in [0.4, 0.5) is 4.39 Å². The first-order valence-electron chi connectivity index (χ1n) is 7.08. The minimum absolute atomic E-state index is 0.184. The molecule has 3 aromatic rings. The number of amides is 1. The maximum Gasteiger partial charge on any atom is 0.271 e. The van der Waals surface area contributed by atoms with Crippen molar-refractivity contribution in [2.45, 2.75) is 6.54 Å². The van der Waals surface area contributed by atoms with E-state index in [1.165, 1.54) is 12.1 Å². The molecule has 0 bridgehead atoms. The van der Waals surface area contributed by atoms with Gasteiger partial charge in [-0.05, 0) is 36.4 Å². The van der Waals surface area contributed by atoms with Crippen LogP contribution in [0, 0.1) is 5.82 Å².